The van der Waals surface area contributed by atoms with Crippen molar-refractivity contribution in [1.82, 2.24) is 13.6 Å². The molecule has 2 heterocycles. The van der Waals surface area contributed by atoms with Gasteiger partial charge in [0.2, 0.25) is 20.0 Å². The lowest BCUT2D eigenvalue weighted by Gasteiger charge is -2.35. The smallest absolute Gasteiger partial charge is 0.245 e. The molecule has 1 fully saturated rings. The minimum absolute atomic E-state index is 0.157. The fraction of sp³-hybridized carbons (Fsp3) is 0.522. The summed E-state index contributed by atoms with van der Waals surface area (Å²) in [5.74, 6) is 0.637. The van der Waals surface area contributed by atoms with E-state index in [4.69, 9.17) is 0 Å². The van der Waals surface area contributed by atoms with Crippen LogP contribution in [-0.4, -0.2) is 68.7 Å². The molecule has 0 spiro atoms. The van der Waals surface area contributed by atoms with Crippen molar-refractivity contribution in [3.63, 3.8) is 0 Å². The molecule has 182 valence electrons. The van der Waals surface area contributed by atoms with Gasteiger partial charge < -0.3 is 4.90 Å². The lowest BCUT2D eigenvalue weighted by atomic mass is 10.1. The van der Waals surface area contributed by atoms with E-state index in [-0.39, 0.29) is 17.0 Å². The van der Waals surface area contributed by atoms with Gasteiger partial charge in [-0.2, -0.15) is 8.61 Å². The molecule has 1 aromatic carbocycles. The molecule has 0 saturated carbocycles. The molecule has 1 aliphatic rings. The molecule has 0 amide bonds. The van der Waals surface area contributed by atoms with E-state index in [0.717, 1.165) is 11.1 Å². The standard InChI is InChI=1S/C23H34N4O4S2/c1-17(2)27(18(3)4)33(30,31)22-9-10-23(24-16-22)25-11-13-26(14-12-25)32(28,29)21-8-7-19(5)20(6)15-21/h7-10,15-18H,11-14H2,1-6H3. The molecular weight excluding hydrogens is 460 g/mol. The SMILES string of the molecule is Cc1ccc(S(=O)(=O)N2CCN(c3ccc(S(=O)(=O)N(C(C)C)C(C)C)cn3)CC2)cc1C. The van der Waals surface area contributed by atoms with Gasteiger partial charge in [-0.1, -0.05) is 6.07 Å². The lowest BCUT2D eigenvalue weighted by molar-refractivity contribution is 0.302. The van der Waals surface area contributed by atoms with E-state index in [1.807, 2.05) is 52.5 Å². The van der Waals surface area contributed by atoms with Crippen LogP contribution >= 0.6 is 0 Å². The maximum absolute atomic E-state index is 13.0. The summed E-state index contributed by atoms with van der Waals surface area (Å²) in [6.07, 6.45) is 1.39. The highest BCUT2D eigenvalue weighted by molar-refractivity contribution is 7.89. The number of aryl methyl sites for hydroxylation is 2. The Morgan fingerprint density at radius 3 is 1.88 bits per heavy atom. The second-order valence-electron chi connectivity index (χ2n) is 9.01. The molecule has 0 radical (unpaired) electrons. The zero-order valence-corrected chi connectivity index (χ0v) is 21.8. The van der Waals surface area contributed by atoms with E-state index >= 15 is 0 Å². The van der Waals surface area contributed by atoms with E-state index < -0.39 is 20.0 Å². The molecule has 1 aromatic heterocycles. The number of benzene rings is 1. The summed E-state index contributed by atoms with van der Waals surface area (Å²) >= 11 is 0. The van der Waals surface area contributed by atoms with Crippen LogP contribution in [0.25, 0.3) is 0 Å². The van der Waals surface area contributed by atoms with Crippen molar-refractivity contribution < 1.29 is 16.8 Å². The summed E-state index contributed by atoms with van der Waals surface area (Å²) in [6.45, 7) is 12.9. The predicted octanol–water partition coefficient (Wildman–Crippen LogP) is 3.02. The summed E-state index contributed by atoms with van der Waals surface area (Å²) < 4.78 is 55.1. The van der Waals surface area contributed by atoms with Gasteiger partial charge in [0.15, 0.2) is 0 Å². The van der Waals surface area contributed by atoms with Crippen molar-refractivity contribution in [2.45, 2.75) is 63.4 Å². The summed E-state index contributed by atoms with van der Waals surface area (Å²) in [7, 11) is -7.21. The number of hydrogen-bond acceptors (Lipinski definition) is 6. The second kappa shape index (κ2) is 9.69. The van der Waals surface area contributed by atoms with Gasteiger partial charge in [0, 0.05) is 44.5 Å². The highest BCUT2D eigenvalue weighted by atomic mass is 32.2. The predicted molar refractivity (Wildman–Crippen MR) is 130 cm³/mol. The van der Waals surface area contributed by atoms with Crippen molar-refractivity contribution in [3.05, 3.63) is 47.7 Å². The number of rotatable bonds is 7. The molecule has 1 aliphatic heterocycles. The van der Waals surface area contributed by atoms with Gasteiger partial charge in [-0.25, -0.2) is 21.8 Å². The fourth-order valence-electron chi connectivity index (χ4n) is 4.17. The molecule has 0 aliphatic carbocycles. The molecule has 2 aromatic rings. The third kappa shape index (κ3) is 5.24. The van der Waals surface area contributed by atoms with Crippen molar-refractivity contribution >= 4 is 25.9 Å². The summed E-state index contributed by atoms with van der Waals surface area (Å²) in [5, 5.41) is 0. The van der Waals surface area contributed by atoms with Crippen LogP contribution in [0.3, 0.4) is 0 Å². The summed E-state index contributed by atoms with van der Waals surface area (Å²) in [4.78, 5) is 6.83. The quantitative estimate of drug-likeness (QED) is 0.588. The lowest BCUT2D eigenvalue weighted by Crippen LogP contribution is -2.49. The third-order valence-corrected chi connectivity index (χ3v) is 10.1. The van der Waals surface area contributed by atoms with Crippen LogP contribution in [0.15, 0.2) is 46.3 Å². The Hall–Kier alpha value is -2.01. The first-order valence-corrected chi connectivity index (χ1v) is 14.1. The van der Waals surface area contributed by atoms with E-state index in [1.165, 1.54) is 14.8 Å². The first-order valence-electron chi connectivity index (χ1n) is 11.2. The van der Waals surface area contributed by atoms with Crippen molar-refractivity contribution in [3.8, 4) is 0 Å². The Morgan fingerprint density at radius 2 is 1.39 bits per heavy atom. The Bertz CT molecular complexity index is 1180. The van der Waals surface area contributed by atoms with E-state index in [0.29, 0.717) is 36.9 Å². The molecule has 0 bridgehead atoms. The Labute approximate surface area is 198 Å². The van der Waals surface area contributed by atoms with Crippen molar-refractivity contribution in [1.29, 1.82) is 0 Å². The molecule has 0 unspecified atom stereocenters. The fourth-order valence-corrected chi connectivity index (χ4v) is 7.45. The van der Waals surface area contributed by atoms with Gasteiger partial charge in [0.25, 0.3) is 0 Å². The van der Waals surface area contributed by atoms with Gasteiger partial charge in [0.05, 0.1) is 4.90 Å². The maximum Gasteiger partial charge on any atom is 0.245 e. The number of hydrogen-bond donors (Lipinski definition) is 0. The number of pyridine rings is 1. The monoisotopic (exact) mass is 494 g/mol. The zero-order valence-electron chi connectivity index (χ0n) is 20.2. The number of aromatic nitrogens is 1. The highest BCUT2D eigenvalue weighted by Crippen LogP contribution is 2.24. The molecule has 0 N–H and O–H groups in total. The minimum Gasteiger partial charge on any atom is -0.354 e. The van der Waals surface area contributed by atoms with Crippen LogP contribution in [0, 0.1) is 13.8 Å². The van der Waals surface area contributed by atoms with Gasteiger partial charge in [-0.05, 0) is 76.9 Å². The first kappa shape index (κ1) is 25.6. The topological polar surface area (TPSA) is 90.9 Å². The highest BCUT2D eigenvalue weighted by Gasteiger charge is 2.31. The molecule has 0 atom stereocenters. The Morgan fingerprint density at radius 1 is 0.818 bits per heavy atom. The van der Waals surface area contributed by atoms with Crippen LogP contribution in [0.4, 0.5) is 5.82 Å². The van der Waals surface area contributed by atoms with Crippen LogP contribution in [0.1, 0.15) is 38.8 Å². The van der Waals surface area contributed by atoms with E-state index in [2.05, 4.69) is 4.98 Å². The molecular formula is C23H34N4O4S2. The van der Waals surface area contributed by atoms with Crippen LogP contribution < -0.4 is 4.90 Å². The molecule has 1 saturated heterocycles. The van der Waals surface area contributed by atoms with Crippen LogP contribution in [0.2, 0.25) is 0 Å². The average Bonchev–Trinajstić information content (AvgIpc) is 2.75. The van der Waals surface area contributed by atoms with Gasteiger partial charge in [0.1, 0.15) is 10.7 Å². The van der Waals surface area contributed by atoms with Gasteiger partial charge in [-0.15, -0.1) is 0 Å². The molecule has 3 rings (SSSR count). The Balaban J connectivity index is 1.72. The Kier molecular flexibility index (Phi) is 7.52. The minimum atomic E-state index is -3.65. The number of sulfonamides is 2. The normalized spacial score (nSPS) is 16.2. The van der Waals surface area contributed by atoms with Crippen LogP contribution in [-0.2, 0) is 20.0 Å². The van der Waals surface area contributed by atoms with Gasteiger partial charge in [-0.3, -0.25) is 0 Å². The van der Waals surface area contributed by atoms with Gasteiger partial charge >= 0.3 is 0 Å². The van der Waals surface area contributed by atoms with Crippen LogP contribution in [0.5, 0.6) is 0 Å². The van der Waals surface area contributed by atoms with E-state index in [1.54, 1.807) is 24.3 Å². The molecule has 8 nitrogen and oxygen atoms in total. The average molecular weight is 495 g/mol. The largest absolute Gasteiger partial charge is 0.354 e. The number of nitrogens with zero attached hydrogens (tertiary/aromatic N) is 4. The summed E-state index contributed by atoms with van der Waals surface area (Å²) in [6, 6.07) is 8.14. The first-order chi connectivity index (χ1) is 15.4. The van der Waals surface area contributed by atoms with Crippen molar-refractivity contribution in [2.24, 2.45) is 0 Å². The number of piperazine rings is 1. The molecule has 10 heteroatoms. The zero-order chi connectivity index (χ0) is 24.6. The summed E-state index contributed by atoms with van der Waals surface area (Å²) in [5.41, 5.74) is 2.00. The second-order valence-corrected chi connectivity index (χ2v) is 12.8. The number of anilines is 1. The van der Waals surface area contributed by atoms with Crippen molar-refractivity contribution in [2.75, 3.05) is 31.1 Å². The third-order valence-electron chi connectivity index (χ3n) is 5.99. The molecule has 33 heavy (non-hydrogen) atoms. The van der Waals surface area contributed by atoms with E-state index in [9.17, 15) is 16.8 Å². The maximum atomic E-state index is 13.0.